The molecular weight excluding hydrogens is 340 g/mol. The van der Waals surface area contributed by atoms with Crippen LogP contribution in [-0.2, 0) is 0 Å². The lowest BCUT2D eigenvalue weighted by molar-refractivity contribution is 1.05. The van der Waals surface area contributed by atoms with Crippen LogP contribution in [0, 0.1) is 6.92 Å². The van der Waals surface area contributed by atoms with Crippen LogP contribution in [0.5, 0.6) is 0 Å². The zero-order valence-electron chi connectivity index (χ0n) is 13.0. The zero-order valence-corrected chi connectivity index (χ0v) is 14.5. The fraction of sp³-hybridized carbons (Fsp3) is 0.0556. The van der Waals surface area contributed by atoms with Crippen LogP contribution in [0.15, 0.2) is 59.7 Å². The highest BCUT2D eigenvalue weighted by molar-refractivity contribution is 7.80. The number of nitrogens with one attached hydrogen (secondary N) is 2. The average Bonchev–Trinajstić information content (AvgIpc) is 2.57. The molecule has 1 heterocycles. The Morgan fingerprint density at radius 3 is 2.75 bits per heavy atom. The van der Waals surface area contributed by atoms with Crippen molar-refractivity contribution in [2.75, 3.05) is 5.32 Å². The van der Waals surface area contributed by atoms with Gasteiger partial charge in [0.2, 0.25) is 0 Å². The first-order chi connectivity index (χ1) is 11.6. The predicted octanol–water partition coefficient (Wildman–Crippen LogP) is 4.52. The molecule has 0 aliphatic carbocycles. The van der Waals surface area contributed by atoms with Gasteiger partial charge in [-0.15, -0.1) is 0 Å². The van der Waals surface area contributed by atoms with Crippen molar-refractivity contribution in [3.63, 3.8) is 0 Å². The summed E-state index contributed by atoms with van der Waals surface area (Å²) in [7, 11) is 0. The van der Waals surface area contributed by atoms with Crippen LogP contribution < -0.4 is 10.7 Å². The van der Waals surface area contributed by atoms with E-state index in [9.17, 15) is 0 Å². The molecule has 0 spiro atoms. The van der Waals surface area contributed by atoms with Gasteiger partial charge in [0.25, 0.3) is 0 Å². The molecule has 3 rings (SSSR count). The Morgan fingerprint density at radius 1 is 1.17 bits per heavy atom. The fourth-order valence-electron chi connectivity index (χ4n) is 2.22. The molecule has 0 saturated carbocycles. The summed E-state index contributed by atoms with van der Waals surface area (Å²) >= 11 is 11.4. The molecule has 24 heavy (non-hydrogen) atoms. The highest BCUT2D eigenvalue weighted by Gasteiger charge is 2.03. The predicted molar refractivity (Wildman–Crippen MR) is 105 cm³/mol. The zero-order chi connectivity index (χ0) is 16.9. The Labute approximate surface area is 150 Å². The normalized spacial score (nSPS) is 10.9. The van der Waals surface area contributed by atoms with Gasteiger partial charge in [-0.05, 0) is 42.9 Å². The van der Waals surface area contributed by atoms with Crippen molar-refractivity contribution in [2.24, 2.45) is 5.10 Å². The van der Waals surface area contributed by atoms with Gasteiger partial charge in [-0.1, -0.05) is 48.0 Å². The van der Waals surface area contributed by atoms with Gasteiger partial charge in [-0.3, -0.25) is 5.43 Å². The minimum Gasteiger partial charge on any atom is -0.331 e. The van der Waals surface area contributed by atoms with E-state index in [0.29, 0.717) is 10.3 Å². The number of thiocarbonyl (C=S) groups is 1. The third kappa shape index (κ3) is 3.88. The first-order valence-electron chi connectivity index (χ1n) is 7.34. The maximum Gasteiger partial charge on any atom is 0.191 e. The van der Waals surface area contributed by atoms with Crippen molar-refractivity contribution in [2.45, 2.75) is 6.92 Å². The fourth-order valence-corrected chi connectivity index (χ4v) is 2.58. The summed E-state index contributed by atoms with van der Waals surface area (Å²) in [6.07, 6.45) is 1.60. The summed E-state index contributed by atoms with van der Waals surface area (Å²) in [5, 5.41) is 9.04. The van der Waals surface area contributed by atoms with Crippen LogP contribution in [0.1, 0.15) is 11.1 Å². The molecule has 0 aliphatic heterocycles. The van der Waals surface area contributed by atoms with E-state index in [1.165, 1.54) is 0 Å². The first-order valence-corrected chi connectivity index (χ1v) is 8.13. The summed E-state index contributed by atoms with van der Waals surface area (Å²) in [5.41, 5.74) is 6.40. The number of fused-ring (bicyclic) bond motifs is 1. The van der Waals surface area contributed by atoms with Gasteiger partial charge in [0.1, 0.15) is 5.15 Å². The minimum atomic E-state index is 0.400. The highest BCUT2D eigenvalue weighted by atomic mass is 35.5. The molecule has 0 bridgehead atoms. The number of anilines is 1. The largest absolute Gasteiger partial charge is 0.331 e. The Balaban J connectivity index is 1.69. The Bertz CT molecular complexity index is 924. The van der Waals surface area contributed by atoms with Crippen LogP contribution in [0.25, 0.3) is 10.9 Å². The standard InChI is InChI=1S/C18H15ClN4S/c1-12-6-2-4-8-15(12)22-18(24)23-20-11-14-10-13-7-3-5-9-16(13)21-17(14)19/h2-11H,1H3,(H2,22,23,24)/b20-11+. The number of aryl methyl sites for hydroxylation is 1. The number of hydrazone groups is 1. The van der Waals surface area contributed by atoms with Crippen LogP contribution in [0.4, 0.5) is 5.69 Å². The van der Waals surface area contributed by atoms with E-state index < -0.39 is 0 Å². The second kappa shape index (κ2) is 7.38. The lowest BCUT2D eigenvalue weighted by Crippen LogP contribution is -2.24. The van der Waals surface area contributed by atoms with E-state index in [-0.39, 0.29) is 0 Å². The molecular formula is C18H15ClN4S. The Kier molecular flexibility index (Phi) is 5.03. The van der Waals surface area contributed by atoms with Gasteiger partial charge in [0.05, 0.1) is 11.7 Å². The van der Waals surface area contributed by atoms with E-state index in [2.05, 4.69) is 20.8 Å². The second-order valence-electron chi connectivity index (χ2n) is 5.20. The van der Waals surface area contributed by atoms with E-state index in [1.807, 2.05) is 61.5 Å². The number of benzene rings is 2. The summed E-state index contributed by atoms with van der Waals surface area (Å²) in [6.45, 7) is 2.01. The molecule has 2 N–H and O–H groups in total. The molecule has 2 aromatic carbocycles. The lowest BCUT2D eigenvalue weighted by atomic mass is 10.2. The lowest BCUT2D eigenvalue weighted by Gasteiger charge is -2.09. The van der Waals surface area contributed by atoms with Gasteiger partial charge in [0, 0.05) is 16.6 Å². The van der Waals surface area contributed by atoms with Crippen LogP contribution in [0.2, 0.25) is 5.15 Å². The average molecular weight is 355 g/mol. The Morgan fingerprint density at radius 2 is 1.92 bits per heavy atom. The summed E-state index contributed by atoms with van der Waals surface area (Å²) < 4.78 is 0. The smallest absolute Gasteiger partial charge is 0.191 e. The molecule has 0 amide bonds. The SMILES string of the molecule is Cc1ccccc1NC(=S)N/N=C/c1cc2ccccc2nc1Cl. The van der Waals surface area contributed by atoms with Gasteiger partial charge in [-0.2, -0.15) is 5.10 Å². The molecule has 0 fully saturated rings. The van der Waals surface area contributed by atoms with Gasteiger partial charge >= 0.3 is 0 Å². The van der Waals surface area contributed by atoms with Crippen molar-refractivity contribution in [3.05, 3.63) is 70.9 Å². The topological polar surface area (TPSA) is 49.3 Å². The van der Waals surface area contributed by atoms with Gasteiger partial charge in [-0.25, -0.2) is 4.98 Å². The number of aromatic nitrogens is 1. The van der Waals surface area contributed by atoms with Crippen LogP contribution >= 0.6 is 23.8 Å². The number of hydrogen-bond acceptors (Lipinski definition) is 3. The molecule has 0 radical (unpaired) electrons. The van der Waals surface area contributed by atoms with Gasteiger partial charge in [0.15, 0.2) is 5.11 Å². The van der Waals surface area contributed by atoms with E-state index >= 15 is 0 Å². The Hall–Kier alpha value is -2.50. The number of para-hydroxylation sites is 2. The van der Waals surface area contributed by atoms with Crippen molar-refractivity contribution < 1.29 is 0 Å². The minimum absolute atomic E-state index is 0.400. The molecule has 0 aliphatic rings. The highest BCUT2D eigenvalue weighted by Crippen LogP contribution is 2.19. The molecule has 0 saturated heterocycles. The molecule has 6 heteroatoms. The maximum atomic E-state index is 6.19. The maximum absolute atomic E-state index is 6.19. The number of rotatable bonds is 3. The van der Waals surface area contributed by atoms with Gasteiger partial charge < -0.3 is 5.32 Å². The molecule has 0 atom stereocenters. The summed E-state index contributed by atoms with van der Waals surface area (Å²) in [6, 6.07) is 17.6. The van der Waals surface area contributed by atoms with E-state index in [1.54, 1.807) is 6.21 Å². The van der Waals surface area contributed by atoms with Crippen molar-refractivity contribution >= 4 is 51.7 Å². The quantitative estimate of drug-likeness (QED) is 0.314. The molecule has 3 aromatic rings. The van der Waals surface area contributed by atoms with Crippen LogP contribution in [-0.4, -0.2) is 16.3 Å². The van der Waals surface area contributed by atoms with Crippen molar-refractivity contribution in [1.82, 2.24) is 10.4 Å². The third-order valence-electron chi connectivity index (χ3n) is 3.47. The van der Waals surface area contributed by atoms with E-state index in [4.69, 9.17) is 23.8 Å². The number of nitrogens with zero attached hydrogens (tertiary/aromatic N) is 2. The molecule has 4 nitrogen and oxygen atoms in total. The second-order valence-corrected chi connectivity index (χ2v) is 5.97. The molecule has 120 valence electrons. The monoisotopic (exact) mass is 354 g/mol. The van der Waals surface area contributed by atoms with Crippen molar-refractivity contribution in [1.29, 1.82) is 0 Å². The number of halogens is 1. The number of pyridine rings is 1. The summed E-state index contributed by atoms with van der Waals surface area (Å²) in [4.78, 5) is 4.35. The first kappa shape index (κ1) is 16.4. The molecule has 1 aromatic heterocycles. The van der Waals surface area contributed by atoms with E-state index in [0.717, 1.165) is 27.7 Å². The molecule has 0 unspecified atom stereocenters. The third-order valence-corrected chi connectivity index (χ3v) is 3.96. The van der Waals surface area contributed by atoms with Crippen LogP contribution in [0.3, 0.4) is 0 Å². The number of hydrogen-bond donors (Lipinski definition) is 2. The van der Waals surface area contributed by atoms with Crippen molar-refractivity contribution in [3.8, 4) is 0 Å². The summed E-state index contributed by atoms with van der Waals surface area (Å²) in [5.74, 6) is 0.